The molecule has 0 amide bonds. The molecular weight excluding hydrogens is 498 g/mol. The molecule has 0 unspecified atom stereocenters. The second-order valence-corrected chi connectivity index (χ2v) is 9.80. The van der Waals surface area contributed by atoms with Gasteiger partial charge in [-0.2, -0.15) is 0 Å². The van der Waals surface area contributed by atoms with E-state index < -0.39 is 18.0 Å². The number of fused-ring (bicyclic) bond motifs is 1. The number of rotatable bonds is 8. The van der Waals surface area contributed by atoms with Crippen LogP contribution in [0, 0.1) is 29.5 Å². The van der Waals surface area contributed by atoms with Crippen LogP contribution in [0.2, 0.25) is 5.02 Å². The molecule has 1 aliphatic heterocycles. The third-order valence-electron chi connectivity index (χ3n) is 6.98. The van der Waals surface area contributed by atoms with E-state index in [1.165, 1.54) is 12.1 Å². The van der Waals surface area contributed by atoms with E-state index in [0.717, 1.165) is 18.4 Å². The van der Waals surface area contributed by atoms with E-state index in [0.29, 0.717) is 48.3 Å². The Bertz CT molecular complexity index is 1320. The van der Waals surface area contributed by atoms with Crippen molar-refractivity contribution in [3.63, 3.8) is 0 Å². The van der Waals surface area contributed by atoms with Crippen molar-refractivity contribution in [2.24, 2.45) is 11.8 Å². The van der Waals surface area contributed by atoms with Crippen molar-refractivity contribution in [1.29, 1.82) is 0 Å². The number of piperidine rings is 1. The smallest absolute Gasteiger partial charge is 0.303 e. The maximum absolute atomic E-state index is 15.5. The Kier molecular flexibility index (Phi) is 8.96. The Labute approximate surface area is 220 Å². The third-order valence-corrected chi connectivity index (χ3v) is 7.29. The number of carboxylic acids is 1. The lowest BCUT2D eigenvalue weighted by molar-refractivity contribution is -0.139. The van der Waals surface area contributed by atoms with Crippen LogP contribution in [0.3, 0.4) is 0 Å². The molecular formula is C29H29ClF2N2O3. The van der Waals surface area contributed by atoms with E-state index in [1.54, 1.807) is 37.6 Å². The molecule has 0 spiro atoms. The van der Waals surface area contributed by atoms with E-state index in [4.69, 9.17) is 16.3 Å². The first-order chi connectivity index (χ1) is 17.8. The first kappa shape index (κ1) is 26.8. The van der Waals surface area contributed by atoms with Crippen LogP contribution in [0.1, 0.15) is 43.0 Å². The average molecular weight is 527 g/mol. The molecule has 5 nitrogen and oxygen atoms in total. The number of ether oxygens (including phenoxy) is 1. The lowest BCUT2D eigenvalue weighted by Gasteiger charge is -2.37. The molecule has 37 heavy (non-hydrogen) atoms. The number of nitrogens with zero attached hydrogens (tertiary/aromatic N) is 2. The Hall–Kier alpha value is -3.21. The zero-order chi connectivity index (χ0) is 26.4. The molecule has 0 radical (unpaired) electrons. The molecule has 1 aromatic heterocycles. The summed E-state index contributed by atoms with van der Waals surface area (Å²) in [4.78, 5) is 18.0. The predicted molar refractivity (Wildman–Crippen MR) is 140 cm³/mol. The maximum atomic E-state index is 15.5. The zero-order valence-electron chi connectivity index (χ0n) is 20.6. The summed E-state index contributed by atoms with van der Waals surface area (Å²) in [5, 5.41) is 10.5. The number of pyridine rings is 1. The maximum Gasteiger partial charge on any atom is 0.303 e. The summed E-state index contributed by atoms with van der Waals surface area (Å²) in [5.74, 6) is 5.41. The van der Waals surface area contributed by atoms with E-state index in [1.807, 2.05) is 6.07 Å². The molecule has 0 bridgehead atoms. The van der Waals surface area contributed by atoms with Gasteiger partial charge in [0.2, 0.25) is 0 Å². The minimum Gasteiger partial charge on any atom is -0.497 e. The van der Waals surface area contributed by atoms with Crippen LogP contribution >= 0.6 is 11.6 Å². The topological polar surface area (TPSA) is 62.7 Å². The van der Waals surface area contributed by atoms with Gasteiger partial charge in [0.1, 0.15) is 17.7 Å². The van der Waals surface area contributed by atoms with Gasteiger partial charge in [-0.05, 0) is 85.7 Å². The van der Waals surface area contributed by atoms with Crippen LogP contribution < -0.4 is 4.74 Å². The normalized spacial score (nSPS) is 18.7. The molecule has 4 rings (SSSR count). The van der Waals surface area contributed by atoms with E-state index >= 15 is 4.39 Å². The minimum absolute atomic E-state index is 0.0325. The number of carboxylic acid groups (broad SMARTS) is 1. The summed E-state index contributed by atoms with van der Waals surface area (Å²) < 4.78 is 34.0. The van der Waals surface area contributed by atoms with Gasteiger partial charge in [-0.25, -0.2) is 8.78 Å². The van der Waals surface area contributed by atoms with Crippen molar-refractivity contribution < 1.29 is 23.4 Å². The summed E-state index contributed by atoms with van der Waals surface area (Å²) in [6.07, 6.45) is 2.13. The van der Waals surface area contributed by atoms with E-state index in [2.05, 4.69) is 21.7 Å². The Balaban J connectivity index is 1.39. The van der Waals surface area contributed by atoms with Gasteiger partial charge in [0.25, 0.3) is 0 Å². The SMILES string of the molecule is COc1ccc2nccc([C@@H](F)CC[C@@H]3CCN(CC#Cc4ccc(F)cc4Cl)C[C@@H]3CC(=O)O)c2c1. The number of methoxy groups -OCH3 is 1. The molecule has 1 N–H and O–H groups in total. The first-order valence-corrected chi connectivity index (χ1v) is 12.7. The number of halogens is 3. The second kappa shape index (κ2) is 12.4. The van der Waals surface area contributed by atoms with Crippen molar-refractivity contribution in [1.82, 2.24) is 9.88 Å². The van der Waals surface area contributed by atoms with Crippen LogP contribution in [-0.2, 0) is 4.79 Å². The summed E-state index contributed by atoms with van der Waals surface area (Å²) in [6.45, 7) is 1.78. The number of likely N-dealkylation sites (tertiary alicyclic amines) is 1. The lowest BCUT2D eigenvalue weighted by atomic mass is 9.79. The molecule has 1 aliphatic rings. The molecule has 8 heteroatoms. The zero-order valence-corrected chi connectivity index (χ0v) is 21.3. The van der Waals surface area contributed by atoms with Crippen molar-refractivity contribution in [3.8, 4) is 17.6 Å². The van der Waals surface area contributed by atoms with Crippen LogP contribution in [0.15, 0.2) is 48.7 Å². The van der Waals surface area contributed by atoms with Gasteiger partial charge in [-0.15, -0.1) is 0 Å². The van der Waals surface area contributed by atoms with Crippen molar-refractivity contribution in [2.75, 3.05) is 26.7 Å². The molecule has 2 aromatic carbocycles. The number of benzene rings is 2. The fourth-order valence-electron chi connectivity index (χ4n) is 5.04. The van der Waals surface area contributed by atoms with Crippen molar-refractivity contribution >= 4 is 28.5 Å². The van der Waals surface area contributed by atoms with Crippen LogP contribution in [-0.4, -0.2) is 47.7 Å². The highest BCUT2D eigenvalue weighted by atomic mass is 35.5. The molecule has 2 heterocycles. The van der Waals surface area contributed by atoms with Gasteiger partial charge in [0.15, 0.2) is 0 Å². The Morgan fingerprint density at radius 1 is 1.27 bits per heavy atom. The number of aromatic nitrogens is 1. The van der Waals surface area contributed by atoms with Gasteiger partial charge >= 0.3 is 5.97 Å². The fraction of sp³-hybridized carbons (Fsp3) is 0.379. The number of aliphatic carboxylic acids is 1. The Morgan fingerprint density at radius 2 is 2.11 bits per heavy atom. The average Bonchev–Trinajstić information content (AvgIpc) is 2.88. The fourth-order valence-corrected chi connectivity index (χ4v) is 5.25. The highest BCUT2D eigenvalue weighted by molar-refractivity contribution is 6.31. The largest absolute Gasteiger partial charge is 0.497 e. The molecule has 0 saturated carbocycles. The predicted octanol–water partition coefficient (Wildman–Crippen LogP) is 6.29. The van der Waals surface area contributed by atoms with Crippen LogP contribution in [0.4, 0.5) is 8.78 Å². The van der Waals surface area contributed by atoms with Gasteiger partial charge in [-0.1, -0.05) is 23.4 Å². The van der Waals surface area contributed by atoms with Gasteiger partial charge in [0, 0.05) is 30.1 Å². The number of alkyl halides is 1. The van der Waals surface area contributed by atoms with Crippen molar-refractivity contribution in [2.45, 2.75) is 31.9 Å². The van der Waals surface area contributed by atoms with E-state index in [-0.39, 0.29) is 23.3 Å². The molecule has 1 fully saturated rings. The van der Waals surface area contributed by atoms with Gasteiger partial charge < -0.3 is 9.84 Å². The number of hydrogen-bond donors (Lipinski definition) is 1. The monoisotopic (exact) mass is 526 g/mol. The minimum atomic E-state index is -1.19. The quantitative estimate of drug-likeness (QED) is 0.349. The van der Waals surface area contributed by atoms with Gasteiger partial charge in [0.05, 0.1) is 24.2 Å². The molecule has 0 aliphatic carbocycles. The van der Waals surface area contributed by atoms with Crippen molar-refractivity contribution in [3.05, 3.63) is 70.6 Å². The van der Waals surface area contributed by atoms with Crippen LogP contribution in [0.25, 0.3) is 10.9 Å². The standard InChI is InChI=1S/C29H29ClF2N2O3/c1-37-23-7-9-28-25(17-23)24(10-12-33-28)27(32)8-5-19-11-14-34(18-21(19)15-29(35)36)13-2-3-20-4-6-22(31)16-26(20)30/h4,6-7,9-10,12,16-17,19,21,27H,5,8,11,13-15,18H2,1H3,(H,35,36)/t19-,21+,27+/m1/s1. The summed E-state index contributed by atoms with van der Waals surface area (Å²) in [7, 11) is 1.57. The molecule has 3 aromatic rings. The number of hydrogen-bond acceptors (Lipinski definition) is 4. The number of carbonyl (C=O) groups is 1. The summed E-state index contributed by atoms with van der Waals surface area (Å²) in [5.41, 5.74) is 1.84. The molecule has 1 saturated heterocycles. The first-order valence-electron chi connectivity index (χ1n) is 12.3. The second-order valence-electron chi connectivity index (χ2n) is 9.40. The molecule has 3 atom stereocenters. The highest BCUT2D eigenvalue weighted by Crippen LogP contribution is 2.36. The highest BCUT2D eigenvalue weighted by Gasteiger charge is 2.31. The van der Waals surface area contributed by atoms with E-state index in [9.17, 15) is 14.3 Å². The summed E-state index contributed by atoms with van der Waals surface area (Å²) >= 11 is 6.04. The summed E-state index contributed by atoms with van der Waals surface area (Å²) in [6, 6.07) is 11.2. The third kappa shape index (κ3) is 6.97. The van der Waals surface area contributed by atoms with Crippen LogP contribution in [0.5, 0.6) is 5.75 Å². The lowest BCUT2D eigenvalue weighted by Crippen LogP contribution is -2.41. The molecule has 194 valence electrons. The Morgan fingerprint density at radius 3 is 2.86 bits per heavy atom. The van der Waals surface area contributed by atoms with Gasteiger partial charge in [-0.3, -0.25) is 14.7 Å².